The number of esters is 1. The molecule has 0 bridgehead atoms. The number of carbonyl (C=O) groups is 3. The predicted octanol–water partition coefficient (Wildman–Crippen LogP) is 1.53. The van der Waals surface area contributed by atoms with Crippen LogP contribution in [0.5, 0.6) is 0 Å². The number of nitrogens with one attached hydrogen (secondary N) is 1. The van der Waals surface area contributed by atoms with Crippen molar-refractivity contribution in [1.82, 2.24) is 5.32 Å². The number of hydrogen-bond donors (Lipinski definition) is 1. The fraction of sp³-hybridized carbons (Fsp3) is 0.500. The molecule has 1 aliphatic heterocycles. The van der Waals surface area contributed by atoms with E-state index in [1.165, 1.54) is 18.7 Å². The topological polar surface area (TPSA) is 107 Å². The number of amides is 1. The lowest BCUT2D eigenvalue weighted by atomic mass is 10.0. The van der Waals surface area contributed by atoms with Crippen molar-refractivity contribution in [2.75, 3.05) is 23.9 Å². The molecular weight excluding hydrogens is 390 g/mol. The minimum atomic E-state index is -2.97. The molecule has 148 valence electrons. The Kier molecular flexibility index (Phi) is 7.43. The summed E-state index contributed by atoms with van der Waals surface area (Å²) < 4.78 is 27.7. The Bertz CT molecular complexity index is 804. The van der Waals surface area contributed by atoms with Crippen LogP contribution in [0.1, 0.15) is 42.2 Å². The highest BCUT2D eigenvalue weighted by molar-refractivity contribution is 8.02. The van der Waals surface area contributed by atoms with Gasteiger partial charge in [-0.2, -0.15) is 0 Å². The molecule has 1 heterocycles. The van der Waals surface area contributed by atoms with Crippen molar-refractivity contribution in [3.05, 3.63) is 35.4 Å². The highest BCUT2D eigenvalue weighted by atomic mass is 32.2. The lowest BCUT2D eigenvalue weighted by Crippen LogP contribution is -2.23. The van der Waals surface area contributed by atoms with E-state index < -0.39 is 15.8 Å². The van der Waals surface area contributed by atoms with Crippen molar-refractivity contribution in [3.63, 3.8) is 0 Å². The van der Waals surface area contributed by atoms with Gasteiger partial charge in [0.1, 0.15) is 0 Å². The van der Waals surface area contributed by atoms with Gasteiger partial charge < -0.3 is 10.1 Å². The first-order valence-electron chi connectivity index (χ1n) is 8.54. The van der Waals surface area contributed by atoms with Gasteiger partial charge in [-0.25, -0.2) is 8.42 Å². The number of ether oxygens (including phenoxy) is 1. The molecule has 0 aromatic heterocycles. The van der Waals surface area contributed by atoms with Crippen molar-refractivity contribution >= 4 is 39.3 Å². The fourth-order valence-corrected chi connectivity index (χ4v) is 6.13. The molecule has 7 nitrogen and oxygen atoms in total. The van der Waals surface area contributed by atoms with Crippen LogP contribution >= 0.6 is 11.8 Å². The summed E-state index contributed by atoms with van der Waals surface area (Å²) in [6, 6.07) is 6.57. The molecule has 0 radical (unpaired) electrons. The van der Waals surface area contributed by atoms with Crippen molar-refractivity contribution in [1.29, 1.82) is 0 Å². The molecule has 2 rings (SSSR count). The number of ketones is 1. The van der Waals surface area contributed by atoms with Gasteiger partial charge in [0, 0.05) is 17.7 Å². The molecule has 1 amide bonds. The predicted molar refractivity (Wildman–Crippen MR) is 103 cm³/mol. The lowest BCUT2D eigenvalue weighted by Gasteiger charge is -2.13. The second kappa shape index (κ2) is 9.36. The molecule has 2 atom stereocenters. The highest BCUT2D eigenvalue weighted by Crippen LogP contribution is 2.24. The molecule has 9 heteroatoms. The third kappa shape index (κ3) is 6.99. The molecular formula is C18H23NO6S2. The van der Waals surface area contributed by atoms with Gasteiger partial charge >= 0.3 is 5.97 Å². The fourth-order valence-electron chi connectivity index (χ4n) is 2.70. The molecule has 0 spiro atoms. The van der Waals surface area contributed by atoms with E-state index >= 15 is 0 Å². The average Bonchev–Trinajstić information content (AvgIpc) is 2.96. The van der Waals surface area contributed by atoms with Crippen molar-refractivity contribution < 1.29 is 27.5 Å². The molecule has 1 fully saturated rings. The summed E-state index contributed by atoms with van der Waals surface area (Å²) >= 11 is 1.25. The third-order valence-electron chi connectivity index (χ3n) is 4.14. The molecule has 0 aliphatic carbocycles. The maximum atomic E-state index is 12.1. The van der Waals surface area contributed by atoms with Crippen molar-refractivity contribution in [2.24, 2.45) is 0 Å². The maximum absolute atomic E-state index is 12.1. The summed E-state index contributed by atoms with van der Waals surface area (Å²) in [6.45, 7) is 2.92. The van der Waals surface area contributed by atoms with Gasteiger partial charge in [-0.15, -0.1) is 11.8 Å². The van der Waals surface area contributed by atoms with Gasteiger partial charge in [0.25, 0.3) is 0 Å². The maximum Gasteiger partial charge on any atom is 0.316 e. The van der Waals surface area contributed by atoms with E-state index in [1.54, 1.807) is 24.3 Å². The summed E-state index contributed by atoms with van der Waals surface area (Å²) in [7, 11) is -2.97. The Morgan fingerprint density at radius 3 is 2.48 bits per heavy atom. The van der Waals surface area contributed by atoms with E-state index in [-0.39, 0.29) is 46.8 Å². The van der Waals surface area contributed by atoms with Crippen LogP contribution in [-0.2, 0) is 24.2 Å². The molecule has 1 aromatic rings. The van der Waals surface area contributed by atoms with Crippen molar-refractivity contribution in [3.8, 4) is 0 Å². The first kappa shape index (κ1) is 21.4. The second-order valence-corrected chi connectivity index (χ2v) is 9.98. The Morgan fingerprint density at radius 1 is 1.26 bits per heavy atom. The lowest BCUT2D eigenvalue weighted by molar-refractivity contribution is -0.139. The standard InChI is InChI=1S/C18H23NO6S2/c1-12(19-13(2)20)14-3-5-15(6-4-14)17(21)9-25-18(22)10-26-16-7-8-27(23,24)11-16/h3-6,12,16H,7-11H2,1-2H3,(H,19,20)/t12-,16+/m1/s1. The Balaban J connectivity index is 1.76. The van der Waals surface area contributed by atoms with Crippen LogP contribution in [0.2, 0.25) is 0 Å². The summed E-state index contributed by atoms with van der Waals surface area (Å²) in [5.74, 6) is -0.714. The molecule has 1 N–H and O–H groups in total. The van der Waals surface area contributed by atoms with Gasteiger partial charge in [0.05, 0.1) is 23.3 Å². The van der Waals surface area contributed by atoms with Crippen LogP contribution in [0, 0.1) is 0 Å². The van der Waals surface area contributed by atoms with Crippen LogP contribution in [0.15, 0.2) is 24.3 Å². The molecule has 0 unspecified atom stereocenters. The van der Waals surface area contributed by atoms with E-state index in [0.717, 1.165) is 5.56 Å². The first-order chi connectivity index (χ1) is 12.7. The van der Waals surface area contributed by atoms with E-state index in [9.17, 15) is 22.8 Å². The number of sulfone groups is 1. The average molecular weight is 414 g/mol. The Morgan fingerprint density at radius 2 is 1.93 bits per heavy atom. The highest BCUT2D eigenvalue weighted by Gasteiger charge is 2.28. The zero-order valence-corrected chi connectivity index (χ0v) is 16.9. The molecule has 1 aromatic carbocycles. The molecule has 1 saturated heterocycles. The zero-order chi connectivity index (χ0) is 20.0. The quantitative estimate of drug-likeness (QED) is 0.509. The molecule has 0 saturated carbocycles. The van der Waals surface area contributed by atoms with Crippen LogP contribution < -0.4 is 5.32 Å². The Labute approximate surface area is 163 Å². The van der Waals surface area contributed by atoms with Crippen LogP contribution in [0.4, 0.5) is 0 Å². The summed E-state index contributed by atoms with van der Waals surface area (Å²) in [6.07, 6.45) is 0.544. The number of rotatable bonds is 8. The summed E-state index contributed by atoms with van der Waals surface area (Å²) in [4.78, 5) is 35.0. The molecule has 27 heavy (non-hydrogen) atoms. The number of thioether (sulfide) groups is 1. The Hall–Kier alpha value is -1.87. The minimum Gasteiger partial charge on any atom is -0.457 e. The monoisotopic (exact) mass is 413 g/mol. The van der Waals surface area contributed by atoms with Crippen LogP contribution in [0.25, 0.3) is 0 Å². The van der Waals surface area contributed by atoms with Gasteiger partial charge in [-0.05, 0) is 18.9 Å². The largest absolute Gasteiger partial charge is 0.457 e. The van der Waals surface area contributed by atoms with E-state index in [2.05, 4.69) is 5.32 Å². The van der Waals surface area contributed by atoms with Gasteiger partial charge in [0.15, 0.2) is 22.2 Å². The van der Waals surface area contributed by atoms with Crippen molar-refractivity contribution in [2.45, 2.75) is 31.6 Å². The second-order valence-electron chi connectivity index (χ2n) is 6.46. The SMILES string of the molecule is CC(=O)N[C@H](C)c1ccc(C(=O)COC(=O)CS[C@H]2CCS(=O)(=O)C2)cc1. The van der Waals surface area contributed by atoms with Gasteiger partial charge in [-0.1, -0.05) is 24.3 Å². The van der Waals surface area contributed by atoms with E-state index in [0.29, 0.717) is 12.0 Å². The number of hydrogen-bond acceptors (Lipinski definition) is 7. The number of Topliss-reactive ketones (excluding diaryl/α,β-unsaturated/α-hetero) is 1. The van der Waals surface area contributed by atoms with E-state index in [1.807, 2.05) is 6.92 Å². The number of benzene rings is 1. The van der Waals surface area contributed by atoms with E-state index in [4.69, 9.17) is 4.74 Å². The number of carbonyl (C=O) groups excluding carboxylic acids is 3. The normalized spacial score (nSPS) is 19.3. The summed E-state index contributed by atoms with van der Waals surface area (Å²) in [5.41, 5.74) is 1.28. The minimum absolute atomic E-state index is 0.0284. The van der Waals surface area contributed by atoms with Crippen LogP contribution in [0.3, 0.4) is 0 Å². The third-order valence-corrected chi connectivity index (χ3v) is 7.40. The smallest absolute Gasteiger partial charge is 0.316 e. The molecule has 1 aliphatic rings. The van der Waals surface area contributed by atoms with Gasteiger partial charge in [0.2, 0.25) is 5.91 Å². The summed E-state index contributed by atoms with van der Waals surface area (Å²) in [5, 5.41) is 2.67. The van der Waals surface area contributed by atoms with Gasteiger partial charge in [-0.3, -0.25) is 14.4 Å². The van der Waals surface area contributed by atoms with Crippen LogP contribution in [-0.4, -0.2) is 55.2 Å². The zero-order valence-electron chi connectivity index (χ0n) is 15.3. The first-order valence-corrected chi connectivity index (χ1v) is 11.4.